The Hall–Kier alpha value is -1.53. The SMILES string of the molecule is Nc1cc(F)c(SNc2cccc(F)n2)cc1Cl. The number of nitrogens with zero attached hydrogens (tertiary/aromatic N) is 1. The van der Waals surface area contributed by atoms with E-state index in [-0.39, 0.29) is 21.4 Å². The second-order valence-corrected chi connectivity index (χ2v) is 4.61. The van der Waals surface area contributed by atoms with E-state index in [0.29, 0.717) is 0 Å². The third kappa shape index (κ3) is 3.02. The molecule has 94 valence electrons. The molecule has 3 nitrogen and oxygen atoms in total. The fourth-order valence-corrected chi connectivity index (χ4v) is 2.08. The Labute approximate surface area is 111 Å². The summed E-state index contributed by atoms with van der Waals surface area (Å²) in [6.45, 7) is 0. The van der Waals surface area contributed by atoms with E-state index < -0.39 is 11.8 Å². The lowest BCUT2D eigenvalue weighted by Crippen LogP contribution is -1.95. The molecule has 0 spiro atoms. The molecule has 0 aliphatic carbocycles. The van der Waals surface area contributed by atoms with Crippen LogP contribution in [-0.4, -0.2) is 4.98 Å². The van der Waals surface area contributed by atoms with Gasteiger partial charge in [0.15, 0.2) is 0 Å². The molecule has 1 aromatic carbocycles. The molecule has 0 atom stereocenters. The number of nitrogen functional groups attached to an aromatic ring is 1. The number of nitrogens with one attached hydrogen (secondary N) is 1. The highest BCUT2D eigenvalue weighted by atomic mass is 35.5. The smallest absolute Gasteiger partial charge is 0.214 e. The summed E-state index contributed by atoms with van der Waals surface area (Å²) in [5, 5.41) is 0.257. The molecule has 7 heteroatoms. The maximum atomic E-state index is 13.5. The first kappa shape index (κ1) is 12.9. The number of rotatable bonds is 3. The van der Waals surface area contributed by atoms with Crippen molar-refractivity contribution >= 4 is 35.1 Å². The first-order valence-electron chi connectivity index (χ1n) is 4.86. The van der Waals surface area contributed by atoms with Gasteiger partial charge < -0.3 is 10.5 Å². The maximum Gasteiger partial charge on any atom is 0.214 e. The number of hydrogen-bond acceptors (Lipinski definition) is 4. The number of halogens is 3. The maximum absolute atomic E-state index is 13.5. The average Bonchev–Trinajstić information content (AvgIpc) is 2.32. The first-order valence-corrected chi connectivity index (χ1v) is 6.05. The molecule has 0 saturated heterocycles. The van der Waals surface area contributed by atoms with Gasteiger partial charge in [0, 0.05) is 0 Å². The van der Waals surface area contributed by atoms with Crippen molar-refractivity contribution in [2.24, 2.45) is 0 Å². The molecule has 0 aliphatic rings. The monoisotopic (exact) mass is 287 g/mol. The van der Waals surface area contributed by atoms with E-state index >= 15 is 0 Å². The molecule has 1 aromatic heterocycles. The lowest BCUT2D eigenvalue weighted by molar-refractivity contribution is 0.586. The fraction of sp³-hybridized carbons (Fsp3) is 0. The third-order valence-electron chi connectivity index (χ3n) is 2.03. The molecular weight excluding hydrogens is 280 g/mol. The van der Waals surface area contributed by atoms with Crippen LogP contribution in [0.1, 0.15) is 0 Å². The molecule has 18 heavy (non-hydrogen) atoms. The fourth-order valence-electron chi connectivity index (χ4n) is 1.19. The van der Waals surface area contributed by atoms with Crippen molar-refractivity contribution in [2.45, 2.75) is 4.90 Å². The van der Waals surface area contributed by atoms with Gasteiger partial charge in [0.1, 0.15) is 11.6 Å². The van der Waals surface area contributed by atoms with Crippen LogP contribution in [0.15, 0.2) is 35.2 Å². The third-order valence-corrected chi connectivity index (χ3v) is 3.20. The molecule has 2 rings (SSSR count). The first-order chi connectivity index (χ1) is 8.56. The van der Waals surface area contributed by atoms with E-state index in [1.807, 2.05) is 0 Å². The quantitative estimate of drug-likeness (QED) is 0.513. The van der Waals surface area contributed by atoms with E-state index in [0.717, 1.165) is 18.0 Å². The number of anilines is 2. The highest BCUT2D eigenvalue weighted by molar-refractivity contribution is 8.00. The molecule has 2 aromatic rings. The molecule has 0 radical (unpaired) electrons. The summed E-state index contributed by atoms with van der Waals surface area (Å²) in [6.07, 6.45) is 0. The molecule has 3 N–H and O–H groups in total. The van der Waals surface area contributed by atoms with Crippen molar-refractivity contribution in [3.8, 4) is 0 Å². The Morgan fingerprint density at radius 2 is 2.06 bits per heavy atom. The highest BCUT2D eigenvalue weighted by Gasteiger charge is 2.08. The predicted molar refractivity (Wildman–Crippen MR) is 69.5 cm³/mol. The number of benzene rings is 1. The minimum atomic E-state index is -0.614. The standard InChI is InChI=1S/C11H8ClF2N3S/c12-6-4-9(7(13)5-8(6)15)18-17-11-3-1-2-10(14)16-11/h1-5H,15H2,(H,16,17). The van der Waals surface area contributed by atoms with Crippen molar-refractivity contribution in [3.63, 3.8) is 0 Å². The Morgan fingerprint density at radius 3 is 2.78 bits per heavy atom. The van der Waals surface area contributed by atoms with E-state index in [1.54, 1.807) is 6.07 Å². The van der Waals surface area contributed by atoms with E-state index in [9.17, 15) is 8.78 Å². The second-order valence-electron chi connectivity index (χ2n) is 3.35. The normalized spacial score (nSPS) is 10.4. The van der Waals surface area contributed by atoms with Crippen LogP contribution in [-0.2, 0) is 0 Å². The van der Waals surface area contributed by atoms with Gasteiger partial charge in [-0.3, -0.25) is 0 Å². The zero-order chi connectivity index (χ0) is 13.1. The van der Waals surface area contributed by atoms with E-state index in [1.165, 1.54) is 18.2 Å². The van der Waals surface area contributed by atoms with Gasteiger partial charge in [-0.15, -0.1) is 0 Å². The molecule has 0 amide bonds. The minimum Gasteiger partial charge on any atom is -0.397 e. The summed E-state index contributed by atoms with van der Waals surface area (Å²) in [5.41, 5.74) is 5.62. The summed E-state index contributed by atoms with van der Waals surface area (Å²) < 4.78 is 29.1. The van der Waals surface area contributed by atoms with Gasteiger partial charge in [-0.1, -0.05) is 17.7 Å². The van der Waals surface area contributed by atoms with Crippen molar-refractivity contribution in [1.29, 1.82) is 0 Å². The van der Waals surface area contributed by atoms with Crippen molar-refractivity contribution in [1.82, 2.24) is 4.98 Å². The van der Waals surface area contributed by atoms with E-state index in [4.69, 9.17) is 17.3 Å². The topological polar surface area (TPSA) is 50.9 Å². The lowest BCUT2D eigenvalue weighted by Gasteiger charge is -2.07. The number of hydrogen-bond donors (Lipinski definition) is 2. The van der Waals surface area contributed by atoms with Gasteiger partial charge in [-0.05, 0) is 36.2 Å². The molecule has 0 fully saturated rings. The molecule has 0 bridgehead atoms. The summed E-state index contributed by atoms with van der Waals surface area (Å²) in [5.74, 6) is -0.838. The van der Waals surface area contributed by atoms with Crippen LogP contribution >= 0.6 is 23.5 Å². The van der Waals surface area contributed by atoms with Gasteiger partial charge in [-0.25, -0.2) is 9.37 Å². The van der Waals surface area contributed by atoms with Crippen LogP contribution in [0, 0.1) is 11.8 Å². The molecule has 0 aliphatic heterocycles. The largest absolute Gasteiger partial charge is 0.397 e. The molecule has 0 saturated carbocycles. The predicted octanol–water partition coefficient (Wildman–Crippen LogP) is 3.71. The van der Waals surface area contributed by atoms with Gasteiger partial charge >= 0.3 is 0 Å². The molecule has 0 unspecified atom stereocenters. The van der Waals surface area contributed by atoms with Gasteiger partial charge in [-0.2, -0.15) is 4.39 Å². The summed E-state index contributed by atoms with van der Waals surface area (Å²) in [4.78, 5) is 3.83. The van der Waals surface area contributed by atoms with Gasteiger partial charge in [0.2, 0.25) is 5.95 Å². The summed E-state index contributed by atoms with van der Waals surface area (Å²) >= 11 is 6.72. The Bertz CT molecular complexity index is 580. The Balaban J connectivity index is 2.13. The average molecular weight is 288 g/mol. The Kier molecular flexibility index (Phi) is 3.88. The Morgan fingerprint density at radius 1 is 1.28 bits per heavy atom. The number of aromatic nitrogens is 1. The van der Waals surface area contributed by atoms with Crippen LogP contribution in [0.5, 0.6) is 0 Å². The minimum absolute atomic E-state index is 0.169. The summed E-state index contributed by atoms with van der Waals surface area (Å²) in [7, 11) is 0. The summed E-state index contributed by atoms with van der Waals surface area (Å²) in [6, 6.07) is 6.80. The van der Waals surface area contributed by atoms with Crippen LogP contribution < -0.4 is 10.5 Å². The number of nitrogens with two attached hydrogens (primary N) is 1. The van der Waals surface area contributed by atoms with Crippen LogP contribution in [0.2, 0.25) is 5.02 Å². The van der Waals surface area contributed by atoms with Gasteiger partial charge in [0.05, 0.1) is 15.6 Å². The lowest BCUT2D eigenvalue weighted by atomic mass is 10.3. The van der Waals surface area contributed by atoms with Gasteiger partial charge in [0.25, 0.3) is 0 Å². The van der Waals surface area contributed by atoms with E-state index in [2.05, 4.69) is 9.71 Å². The second kappa shape index (κ2) is 5.41. The van der Waals surface area contributed by atoms with Crippen molar-refractivity contribution < 1.29 is 8.78 Å². The number of pyridine rings is 1. The van der Waals surface area contributed by atoms with Crippen LogP contribution in [0.3, 0.4) is 0 Å². The zero-order valence-electron chi connectivity index (χ0n) is 8.95. The van der Waals surface area contributed by atoms with Crippen LogP contribution in [0.4, 0.5) is 20.3 Å². The zero-order valence-corrected chi connectivity index (χ0v) is 10.5. The van der Waals surface area contributed by atoms with Crippen LogP contribution in [0.25, 0.3) is 0 Å². The van der Waals surface area contributed by atoms with Crippen molar-refractivity contribution in [3.05, 3.63) is 47.1 Å². The molecular formula is C11H8ClF2N3S. The highest BCUT2D eigenvalue weighted by Crippen LogP contribution is 2.29. The molecule has 1 heterocycles. The van der Waals surface area contributed by atoms with Crippen molar-refractivity contribution in [2.75, 3.05) is 10.5 Å².